The third-order valence-corrected chi connectivity index (χ3v) is 5.21. The fraction of sp³-hybridized carbons (Fsp3) is 0.333. The lowest BCUT2D eigenvalue weighted by Gasteiger charge is -2.16. The largest absolute Gasteiger partial charge is 0.332 e. The Labute approximate surface area is 99.1 Å². The van der Waals surface area contributed by atoms with Crippen molar-refractivity contribution < 1.29 is 20.7 Å². The normalized spacial score (nSPS) is 19.5. The van der Waals surface area contributed by atoms with E-state index in [1.165, 1.54) is 16.4 Å². The first-order valence-corrected chi connectivity index (χ1v) is 7.85. The van der Waals surface area contributed by atoms with E-state index in [0.717, 1.165) is 12.1 Å². The summed E-state index contributed by atoms with van der Waals surface area (Å²) in [5, 5.41) is 0. The monoisotopic (exact) mass is 279 g/mol. The van der Waals surface area contributed by atoms with Gasteiger partial charge in [0.2, 0.25) is 10.0 Å². The summed E-state index contributed by atoms with van der Waals surface area (Å²) >= 11 is 0. The van der Waals surface area contributed by atoms with Crippen LogP contribution in [0.15, 0.2) is 29.2 Å². The number of rotatable bonds is 2. The van der Waals surface area contributed by atoms with Crippen molar-refractivity contribution in [2.45, 2.75) is 11.3 Å². The summed E-state index contributed by atoms with van der Waals surface area (Å²) in [6, 6.07) is 4.68. The van der Waals surface area contributed by atoms with Crippen molar-refractivity contribution >= 4 is 25.9 Å². The minimum atomic E-state index is -4.74. The van der Waals surface area contributed by atoms with Gasteiger partial charge < -0.3 is 0 Å². The zero-order chi connectivity index (χ0) is 12.7. The van der Waals surface area contributed by atoms with E-state index in [1.807, 2.05) is 0 Å². The van der Waals surface area contributed by atoms with Gasteiger partial charge in [0, 0.05) is 6.54 Å². The molecule has 0 saturated carbocycles. The molecule has 0 atom stereocenters. The summed E-state index contributed by atoms with van der Waals surface area (Å²) < 4.78 is 58.2. The molecule has 2 rings (SSSR count). The molecule has 1 aliphatic rings. The average Bonchev–Trinajstić information content (AvgIpc) is 2.57. The highest BCUT2D eigenvalue weighted by Gasteiger charge is 2.28. The zero-order valence-corrected chi connectivity index (χ0v) is 10.3. The molecule has 0 aromatic heterocycles. The SMILES string of the molecule is O=S(=O)(F)c1ccc(N2CCCS2(=O)=O)cc1. The average molecular weight is 279 g/mol. The molecule has 1 aromatic carbocycles. The second-order valence-corrected chi connectivity index (χ2v) is 7.03. The molecular formula is C9H10FNO4S2. The second-order valence-electron chi connectivity index (χ2n) is 3.67. The summed E-state index contributed by atoms with van der Waals surface area (Å²) in [4.78, 5) is -0.474. The van der Waals surface area contributed by atoms with Crippen LogP contribution in [0.5, 0.6) is 0 Å². The van der Waals surface area contributed by atoms with Crippen LogP contribution in [-0.4, -0.2) is 29.1 Å². The Morgan fingerprint density at radius 1 is 1.18 bits per heavy atom. The fourth-order valence-electron chi connectivity index (χ4n) is 1.70. The van der Waals surface area contributed by atoms with Crippen molar-refractivity contribution in [1.29, 1.82) is 0 Å². The van der Waals surface area contributed by atoms with Crippen LogP contribution in [0.25, 0.3) is 0 Å². The Morgan fingerprint density at radius 3 is 2.18 bits per heavy atom. The molecule has 94 valence electrons. The standard InChI is InChI=1S/C9H10FNO4S2/c10-17(14,15)9-4-2-8(3-5-9)11-6-1-7-16(11,12)13/h2-5H,1,6-7H2. The topological polar surface area (TPSA) is 71.5 Å². The van der Waals surface area contributed by atoms with Crippen molar-refractivity contribution in [3.63, 3.8) is 0 Å². The predicted molar refractivity (Wildman–Crippen MR) is 60.5 cm³/mol. The molecule has 0 bridgehead atoms. The quantitative estimate of drug-likeness (QED) is 0.754. The molecule has 0 unspecified atom stereocenters. The van der Waals surface area contributed by atoms with Crippen LogP contribution >= 0.6 is 0 Å². The minimum absolute atomic E-state index is 0.0795. The smallest absolute Gasteiger partial charge is 0.270 e. The predicted octanol–water partition coefficient (Wildman–Crippen LogP) is 0.885. The number of anilines is 1. The third kappa shape index (κ3) is 2.42. The molecule has 5 nitrogen and oxygen atoms in total. The number of halogens is 1. The highest BCUT2D eigenvalue weighted by atomic mass is 32.3. The lowest BCUT2D eigenvalue weighted by molar-refractivity contribution is 0.552. The van der Waals surface area contributed by atoms with Gasteiger partial charge in [0.1, 0.15) is 0 Å². The maximum atomic E-state index is 12.6. The van der Waals surface area contributed by atoms with Crippen LogP contribution < -0.4 is 4.31 Å². The molecule has 17 heavy (non-hydrogen) atoms. The Bertz CT molecular complexity index is 621. The summed E-state index contributed by atoms with van der Waals surface area (Å²) in [5.41, 5.74) is 0.356. The van der Waals surface area contributed by atoms with E-state index in [-0.39, 0.29) is 5.75 Å². The first-order chi connectivity index (χ1) is 7.81. The maximum Gasteiger partial charge on any atom is 0.332 e. The molecule has 1 aromatic rings. The van der Waals surface area contributed by atoms with E-state index >= 15 is 0 Å². The maximum absolute atomic E-state index is 12.6. The highest BCUT2D eigenvalue weighted by Crippen LogP contribution is 2.25. The number of hydrogen-bond donors (Lipinski definition) is 0. The summed E-state index contributed by atoms with van der Waals surface area (Å²) in [7, 11) is -8.04. The van der Waals surface area contributed by atoms with Gasteiger partial charge in [0.05, 0.1) is 16.3 Å². The van der Waals surface area contributed by atoms with Crippen molar-refractivity contribution in [2.24, 2.45) is 0 Å². The van der Waals surface area contributed by atoms with Gasteiger partial charge in [-0.2, -0.15) is 8.42 Å². The summed E-state index contributed by atoms with van der Waals surface area (Å²) in [6.07, 6.45) is 0.533. The highest BCUT2D eigenvalue weighted by molar-refractivity contribution is 7.93. The van der Waals surface area contributed by atoms with Gasteiger partial charge in [-0.3, -0.25) is 4.31 Å². The van der Waals surface area contributed by atoms with Crippen LogP contribution in [0.4, 0.5) is 9.57 Å². The van der Waals surface area contributed by atoms with E-state index in [4.69, 9.17) is 0 Å². The van der Waals surface area contributed by atoms with Crippen LogP contribution in [-0.2, 0) is 20.2 Å². The van der Waals surface area contributed by atoms with Gasteiger partial charge in [-0.05, 0) is 30.7 Å². The number of benzene rings is 1. The Hall–Kier alpha value is -1.15. The van der Waals surface area contributed by atoms with Crippen molar-refractivity contribution in [3.05, 3.63) is 24.3 Å². The molecule has 0 spiro atoms. The molecule has 1 aliphatic heterocycles. The molecule has 0 N–H and O–H groups in total. The Morgan fingerprint density at radius 2 is 1.76 bits per heavy atom. The van der Waals surface area contributed by atoms with Crippen LogP contribution in [0.3, 0.4) is 0 Å². The first-order valence-electron chi connectivity index (χ1n) is 4.86. The molecule has 0 radical (unpaired) electrons. The summed E-state index contributed by atoms with van der Waals surface area (Å²) in [5.74, 6) is 0.0795. The molecular weight excluding hydrogens is 269 g/mol. The van der Waals surface area contributed by atoms with Crippen LogP contribution in [0.1, 0.15) is 6.42 Å². The number of sulfonamides is 1. The molecule has 1 saturated heterocycles. The Kier molecular flexibility index (Phi) is 2.86. The third-order valence-electron chi connectivity index (χ3n) is 2.51. The van der Waals surface area contributed by atoms with Gasteiger partial charge in [-0.1, -0.05) is 0 Å². The van der Waals surface area contributed by atoms with E-state index in [1.54, 1.807) is 0 Å². The van der Waals surface area contributed by atoms with E-state index < -0.39 is 25.1 Å². The molecule has 0 aliphatic carbocycles. The second kappa shape index (κ2) is 3.95. The molecule has 8 heteroatoms. The van der Waals surface area contributed by atoms with Crippen LogP contribution in [0.2, 0.25) is 0 Å². The van der Waals surface area contributed by atoms with Crippen molar-refractivity contribution in [2.75, 3.05) is 16.6 Å². The molecule has 0 amide bonds. The van der Waals surface area contributed by atoms with Gasteiger partial charge in [-0.25, -0.2) is 8.42 Å². The summed E-state index contributed by atoms with van der Waals surface area (Å²) in [6.45, 7) is 0.365. The van der Waals surface area contributed by atoms with Gasteiger partial charge in [-0.15, -0.1) is 3.89 Å². The van der Waals surface area contributed by atoms with E-state index in [9.17, 15) is 20.7 Å². The van der Waals surface area contributed by atoms with Crippen LogP contribution in [0, 0.1) is 0 Å². The zero-order valence-electron chi connectivity index (χ0n) is 8.71. The lowest BCUT2D eigenvalue weighted by atomic mass is 10.3. The van der Waals surface area contributed by atoms with E-state index in [0.29, 0.717) is 18.7 Å². The molecule has 1 heterocycles. The lowest BCUT2D eigenvalue weighted by Crippen LogP contribution is -2.24. The Balaban J connectivity index is 2.37. The van der Waals surface area contributed by atoms with Gasteiger partial charge in [0.15, 0.2) is 0 Å². The van der Waals surface area contributed by atoms with Gasteiger partial charge >= 0.3 is 10.2 Å². The van der Waals surface area contributed by atoms with Crippen molar-refractivity contribution in [1.82, 2.24) is 0 Å². The number of hydrogen-bond acceptors (Lipinski definition) is 4. The van der Waals surface area contributed by atoms with Gasteiger partial charge in [0.25, 0.3) is 0 Å². The van der Waals surface area contributed by atoms with Crippen molar-refractivity contribution in [3.8, 4) is 0 Å². The minimum Gasteiger partial charge on any atom is -0.270 e. The number of nitrogens with zero attached hydrogens (tertiary/aromatic N) is 1. The molecule has 1 fully saturated rings. The van der Waals surface area contributed by atoms with E-state index in [2.05, 4.69) is 0 Å². The first kappa shape index (κ1) is 12.3. The fourth-order valence-corrected chi connectivity index (χ4v) is 3.73.